The van der Waals surface area contributed by atoms with Crippen molar-refractivity contribution in [2.24, 2.45) is 5.73 Å². The molecule has 2 N–H and O–H groups in total. The van der Waals surface area contributed by atoms with Crippen LogP contribution in [-0.2, 0) is 6.54 Å². The lowest BCUT2D eigenvalue weighted by molar-refractivity contribution is 0.100. The highest BCUT2D eigenvalue weighted by Gasteiger charge is 2.17. The first-order valence-corrected chi connectivity index (χ1v) is 10.3. The van der Waals surface area contributed by atoms with Crippen LogP contribution < -0.4 is 5.73 Å². The largest absolute Gasteiger partial charge is 0.464 e. The molecule has 0 radical (unpaired) electrons. The van der Waals surface area contributed by atoms with Crippen molar-refractivity contribution in [3.05, 3.63) is 93.8 Å². The number of hydrogen-bond acceptors (Lipinski definition) is 2. The zero-order valence-electron chi connectivity index (χ0n) is 15.4. The molecule has 0 fully saturated rings. The average molecular weight is 492 g/mol. The molecule has 2 aromatic heterocycles. The predicted octanol–water partition coefficient (Wildman–Crippen LogP) is 5.81. The quantitative estimate of drug-likeness (QED) is 0.322. The van der Waals surface area contributed by atoms with Gasteiger partial charge in [0, 0.05) is 32.0 Å². The fraction of sp³-hybridized carbons (Fsp3) is 0.0417. The lowest BCUT2D eigenvalue weighted by Gasteiger charge is -2.09. The number of fused-ring (bicyclic) bond motifs is 3. The number of rotatable bonds is 4. The third-order valence-corrected chi connectivity index (χ3v) is 5.94. The van der Waals surface area contributed by atoms with Gasteiger partial charge in [0.1, 0.15) is 5.76 Å². The highest BCUT2D eigenvalue weighted by Crippen LogP contribution is 2.35. The lowest BCUT2D eigenvalue weighted by Crippen LogP contribution is -2.11. The van der Waals surface area contributed by atoms with Gasteiger partial charge in [-0.05, 0) is 70.6 Å². The molecule has 1 amide bonds. The van der Waals surface area contributed by atoms with Gasteiger partial charge in [-0.2, -0.15) is 0 Å². The third-order valence-electron chi connectivity index (χ3n) is 5.22. The van der Waals surface area contributed by atoms with Gasteiger partial charge in [0.25, 0.3) is 0 Å². The van der Waals surface area contributed by atoms with Crippen LogP contribution in [0.4, 0.5) is 0 Å². The van der Waals surface area contributed by atoms with Crippen molar-refractivity contribution in [2.75, 3.05) is 0 Å². The maximum atomic E-state index is 12.1. The Kier molecular flexibility index (Phi) is 4.39. The summed E-state index contributed by atoms with van der Waals surface area (Å²) >= 11 is 2.31. The Hall–Kier alpha value is -3.06. The van der Waals surface area contributed by atoms with Gasteiger partial charge in [-0.15, -0.1) is 0 Å². The third kappa shape index (κ3) is 3.11. The van der Waals surface area contributed by atoms with Crippen molar-refractivity contribution < 1.29 is 9.21 Å². The van der Waals surface area contributed by atoms with E-state index < -0.39 is 5.91 Å². The Morgan fingerprint density at radius 2 is 1.79 bits per heavy atom. The van der Waals surface area contributed by atoms with Crippen LogP contribution in [-0.4, -0.2) is 10.5 Å². The number of furan rings is 1. The zero-order valence-corrected chi connectivity index (χ0v) is 17.6. The number of primary amides is 1. The van der Waals surface area contributed by atoms with Gasteiger partial charge < -0.3 is 14.7 Å². The van der Waals surface area contributed by atoms with Gasteiger partial charge in [-0.1, -0.05) is 30.3 Å². The van der Waals surface area contributed by atoms with Crippen LogP contribution >= 0.6 is 22.6 Å². The summed E-state index contributed by atoms with van der Waals surface area (Å²) in [6.45, 7) is 0.695. The Bertz CT molecular complexity index is 1350. The number of nitrogens with zero attached hydrogens (tertiary/aromatic N) is 1. The summed E-state index contributed by atoms with van der Waals surface area (Å²) < 4.78 is 9.03. The number of halogens is 1. The maximum absolute atomic E-state index is 12.1. The van der Waals surface area contributed by atoms with E-state index in [2.05, 4.69) is 57.5 Å². The van der Waals surface area contributed by atoms with E-state index in [1.54, 1.807) is 12.3 Å². The van der Waals surface area contributed by atoms with E-state index in [4.69, 9.17) is 10.2 Å². The van der Waals surface area contributed by atoms with Gasteiger partial charge in [0.15, 0.2) is 0 Å². The van der Waals surface area contributed by atoms with Crippen molar-refractivity contribution >= 4 is 50.3 Å². The van der Waals surface area contributed by atoms with E-state index in [9.17, 15) is 4.79 Å². The van der Waals surface area contributed by atoms with Crippen LogP contribution in [0.5, 0.6) is 0 Å². The molecular weight excluding hydrogens is 475 g/mol. The zero-order chi connectivity index (χ0) is 20.0. The molecule has 0 aliphatic rings. The summed E-state index contributed by atoms with van der Waals surface area (Å²) in [5, 5.41) is 1.90. The van der Waals surface area contributed by atoms with Gasteiger partial charge in [-0.3, -0.25) is 4.79 Å². The molecule has 0 aliphatic heterocycles. The van der Waals surface area contributed by atoms with Crippen molar-refractivity contribution in [2.45, 2.75) is 6.54 Å². The van der Waals surface area contributed by atoms with Crippen molar-refractivity contribution in [1.82, 2.24) is 4.57 Å². The minimum absolute atomic E-state index is 0.418. The molecule has 142 valence electrons. The molecule has 0 unspecified atom stereocenters. The topological polar surface area (TPSA) is 61.2 Å². The number of nitrogens with two attached hydrogens (primary N) is 1. The minimum Gasteiger partial charge on any atom is -0.464 e. The second kappa shape index (κ2) is 7.08. The molecule has 2 heterocycles. The highest BCUT2D eigenvalue weighted by atomic mass is 127. The first-order valence-electron chi connectivity index (χ1n) is 9.25. The molecule has 5 aromatic rings. The predicted molar refractivity (Wildman–Crippen MR) is 124 cm³/mol. The first-order chi connectivity index (χ1) is 14.1. The Morgan fingerprint density at radius 1 is 0.966 bits per heavy atom. The smallest absolute Gasteiger partial charge is 0.249 e. The van der Waals surface area contributed by atoms with Gasteiger partial charge >= 0.3 is 0 Å². The minimum atomic E-state index is -0.418. The average Bonchev–Trinajstić information content (AvgIpc) is 3.36. The van der Waals surface area contributed by atoms with Crippen molar-refractivity contribution in [3.8, 4) is 11.3 Å². The van der Waals surface area contributed by atoms with Crippen molar-refractivity contribution in [1.29, 1.82) is 0 Å². The van der Waals surface area contributed by atoms with Crippen LogP contribution in [0.2, 0.25) is 0 Å². The number of amides is 1. The van der Waals surface area contributed by atoms with E-state index in [1.807, 2.05) is 36.4 Å². The number of benzene rings is 3. The summed E-state index contributed by atoms with van der Waals surface area (Å²) in [5.74, 6) is 0.395. The summed E-state index contributed by atoms with van der Waals surface area (Å²) in [7, 11) is 0. The number of hydrogen-bond donors (Lipinski definition) is 1. The summed E-state index contributed by atoms with van der Waals surface area (Å²) in [4.78, 5) is 12.1. The van der Waals surface area contributed by atoms with Crippen molar-refractivity contribution in [3.63, 3.8) is 0 Å². The molecule has 0 aliphatic carbocycles. The fourth-order valence-corrected chi connectivity index (χ4v) is 4.25. The van der Waals surface area contributed by atoms with Crippen LogP contribution in [0, 0.1) is 3.57 Å². The van der Waals surface area contributed by atoms with E-state index in [0.29, 0.717) is 12.1 Å². The standard InChI is InChI=1S/C24H17IN2O2/c25-17-9-6-15(7-10-17)14-27-20-4-1-3-19(24(26)28)23(20)18-11-8-16(13-21(18)27)22-5-2-12-29-22/h1-13H,14H2,(H2,26,28). The Labute approximate surface area is 181 Å². The molecule has 0 atom stereocenters. The van der Waals surface area contributed by atoms with Crippen LogP contribution in [0.1, 0.15) is 15.9 Å². The first kappa shape index (κ1) is 18.0. The fourth-order valence-electron chi connectivity index (χ4n) is 3.89. The van der Waals surface area contributed by atoms with Crippen LogP contribution in [0.25, 0.3) is 33.1 Å². The summed E-state index contributed by atoms with van der Waals surface area (Å²) in [6.07, 6.45) is 1.67. The molecule has 29 heavy (non-hydrogen) atoms. The molecular formula is C24H17IN2O2. The second-order valence-corrected chi connectivity index (χ2v) is 8.23. The molecule has 4 nitrogen and oxygen atoms in total. The molecule has 3 aromatic carbocycles. The molecule has 0 saturated heterocycles. The van der Waals surface area contributed by atoms with Crippen LogP contribution in [0.3, 0.4) is 0 Å². The monoisotopic (exact) mass is 492 g/mol. The van der Waals surface area contributed by atoms with Crippen LogP contribution in [0.15, 0.2) is 83.5 Å². The van der Waals surface area contributed by atoms with E-state index >= 15 is 0 Å². The van der Waals surface area contributed by atoms with Gasteiger partial charge in [0.05, 0.1) is 17.3 Å². The maximum Gasteiger partial charge on any atom is 0.249 e. The Balaban J connectivity index is 1.81. The van der Waals surface area contributed by atoms with E-state index in [1.165, 1.54) is 9.13 Å². The van der Waals surface area contributed by atoms with Gasteiger partial charge in [-0.25, -0.2) is 0 Å². The Morgan fingerprint density at radius 3 is 2.52 bits per heavy atom. The number of carbonyl (C=O) groups excluding carboxylic acids is 1. The molecule has 5 rings (SSSR count). The summed E-state index contributed by atoms with van der Waals surface area (Å²) in [6, 6.07) is 24.2. The highest BCUT2D eigenvalue weighted by molar-refractivity contribution is 14.1. The van der Waals surface area contributed by atoms with E-state index in [-0.39, 0.29) is 0 Å². The number of carbonyl (C=O) groups is 1. The molecule has 0 spiro atoms. The van der Waals surface area contributed by atoms with Gasteiger partial charge in [0.2, 0.25) is 5.91 Å². The number of aromatic nitrogens is 1. The SMILES string of the molecule is NC(=O)c1cccc2c1c1ccc(-c3ccco3)cc1n2Cc1ccc(I)cc1. The molecule has 0 bridgehead atoms. The molecule has 0 saturated carbocycles. The second-order valence-electron chi connectivity index (χ2n) is 6.99. The lowest BCUT2D eigenvalue weighted by atomic mass is 10.0. The normalized spacial score (nSPS) is 11.3. The molecule has 5 heteroatoms. The van der Waals surface area contributed by atoms with E-state index in [0.717, 1.165) is 33.1 Å². The summed E-state index contributed by atoms with van der Waals surface area (Å²) in [5.41, 5.74) is 10.5.